The molecule has 0 radical (unpaired) electrons. The number of hydrogen-bond donors (Lipinski definition) is 0. The van der Waals surface area contributed by atoms with Crippen molar-refractivity contribution in [1.82, 2.24) is 4.90 Å². The highest BCUT2D eigenvalue weighted by atomic mass is 79.9. The van der Waals surface area contributed by atoms with Crippen LogP contribution in [0.1, 0.15) is 27.7 Å². The zero-order valence-corrected chi connectivity index (χ0v) is 10.6. The lowest BCUT2D eigenvalue weighted by Gasteiger charge is -2.27. The number of ether oxygens (including phenoxy) is 1. The van der Waals surface area contributed by atoms with Gasteiger partial charge in [-0.3, -0.25) is 4.90 Å². The Labute approximate surface area is 93.2 Å². The maximum absolute atomic E-state index is 11.7. The van der Waals surface area contributed by atoms with Gasteiger partial charge in [-0.15, -0.1) is 0 Å². The van der Waals surface area contributed by atoms with Crippen LogP contribution in [-0.2, 0) is 4.74 Å². The third-order valence-corrected chi connectivity index (χ3v) is 2.96. The quantitative estimate of drug-likeness (QED) is 0.671. The summed E-state index contributed by atoms with van der Waals surface area (Å²) in [4.78, 5) is 13.4. The predicted octanol–water partition coefficient (Wildman–Crippen LogP) is 2.90. The number of carbonyl (C=O) groups is 1. The van der Waals surface area contributed by atoms with Gasteiger partial charge in [0.2, 0.25) is 0 Å². The lowest BCUT2D eigenvalue weighted by Crippen LogP contribution is -2.39. The number of nitrogens with zero attached hydrogens (tertiary/aromatic N) is 1. The van der Waals surface area contributed by atoms with E-state index in [0.29, 0.717) is 6.54 Å². The molecule has 0 spiro atoms. The first-order chi connectivity index (χ1) is 6.31. The van der Waals surface area contributed by atoms with E-state index in [0.717, 1.165) is 4.48 Å². The van der Waals surface area contributed by atoms with E-state index in [4.69, 9.17) is 4.74 Å². The molecule has 0 N–H and O–H groups in total. The number of halogens is 1. The van der Waals surface area contributed by atoms with Crippen molar-refractivity contribution in [2.45, 2.75) is 39.3 Å². The van der Waals surface area contributed by atoms with Crippen molar-refractivity contribution in [3.05, 3.63) is 10.6 Å². The number of carbonyl (C=O) groups excluding carboxylic acids is 1. The molecule has 0 unspecified atom stereocenters. The molecule has 1 atom stereocenters. The molecule has 3 nitrogen and oxygen atoms in total. The maximum atomic E-state index is 11.7. The van der Waals surface area contributed by atoms with Crippen LogP contribution in [0.15, 0.2) is 10.6 Å². The fourth-order valence-corrected chi connectivity index (χ4v) is 1.61. The summed E-state index contributed by atoms with van der Waals surface area (Å²) < 4.78 is 6.32. The molecule has 1 heterocycles. The Hall–Kier alpha value is -0.510. The van der Waals surface area contributed by atoms with E-state index in [1.54, 1.807) is 4.90 Å². The molecule has 0 aromatic rings. The summed E-state index contributed by atoms with van der Waals surface area (Å²) in [6.45, 7) is 8.20. The van der Waals surface area contributed by atoms with Gasteiger partial charge in [-0.2, -0.15) is 0 Å². The average Bonchev–Trinajstić information content (AvgIpc) is 2.29. The molecule has 0 saturated carbocycles. The molecule has 14 heavy (non-hydrogen) atoms. The van der Waals surface area contributed by atoms with Crippen molar-refractivity contribution >= 4 is 22.0 Å². The minimum atomic E-state index is -0.425. The molecule has 1 amide bonds. The van der Waals surface area contributed by atoms with Crippen LogP contribution in [0.5, 0.6) is 0 Å². The van der Waals surface area contributed by atoms with Crippen LogP contribution in [0.25, 0.3) is 0 Å². The van der Waals surface area contributed by atoms with Crippen molar-refractivity contribution < 1.29 is 9.53 Å². The maximum Gasteiger partial charge on any atom is 0.411 e. The van der Waals surface area contributed by atoms with Gasteiger partial charge in [0.15, 0.2) is 0 Å². The van der Waals surface area contributed by atoms with Crippen molar-refractivity contribution in [1.29, 1.82) is 0 Å². The van der Waals surface area contributed by atoms with Gasteiger partial charge >= 0.3 is 6.09 Å². The lowest BCUT2D eigenvalue weighted by molar-refractivity contribution is 0.0252. The van der Waals surface area contributed by atoms with Gasteiger partial charge in [0, 0.05) is 11.0 Å². The second-order valence-corrected chi connectivity index (χ2v) is 5.31. The largest absolute Gasteiger partial charge is 0.444 e. The molecule has 0 aliphatic carbocycles. The van der Waals surface area contributed by atoms with Crippen LogP contribution in [-0.4, -0.2) is 29.2 Å². The molecule has 1 aliphatic rings. The van der Waals surface area contributed by atoms with Crippen molar-refractivity contribution in [2.75, 3.05) is 6.54 Å². The summed E-state index contributed by atoms with van der Waals surface area (Å²) in [5, 5.41) is 0. The van der Waals surface area contributed by atoms with E-state index in [1.165, 1.54) is 0 Å². The number of rotatable bonds is 0. The van der Waals surface area contributed by atoms with Crippen LogP contribution >= 0.6 is 15.9 Å². The van der Waals surface area contributed by atoms with Crippen LogP contribution in [0.2, 0.25) is 0 Å². The summed E-state index contributed by atoms with van der Waals surface area (Å²) in [5.74, 6) is 0. The molecule has 0 saturated heterocycles. The molecule has 4 heteroatoms. The molecular weight excluding hydrogens is 246 g/mol. The first-order valence-corrected chi connectivity index (χ1v) is 5.46. The predicted molar refractivity (Wildman–Crippen MR) is 59.4 cm³/mol. The highest BCUT2D eigenvalue weighted by Crippen LogP contribution is 2.24. The van der Waals surface area contributed by atoms with E-state index in [2.05, 4.69) is 15.9 Å². The standard InChI is InChI=1S/C10H16BrNO2/c1-7-8(11)5-6-12(7)9(13)14-10(2,3)4/h5,7H,6H2,1-4H3/t7-/m1/s1. The van der Waals surface area contributed by atoms with Crippen LogP contribution in [0.4, 0.5) is 4.79 Å². The first-order valence-electron chi connectivity index (χ1n) is 4.66. The van der Waals surface area contributed by atoms with Crippen LogP contribution < -0.4 is 0 Å². The van der Waals surface area contributed by atoms with Crippen molar-refractivity contribution in [3.8, 4) is 0 Å². The Morgan fingerprint density at radius 1 is 1.64 bits per heavy atom. The molecule has 1 aliphatic heterocycles. The Morgan fingerprint density at radius 3 is 2.57 bits per heavy atom. The van der Waals surface area contributed by atoms with E-state index < -0.39 is 5.60 Å². The Balaban J connectivity index is 2.57. The molecule has 0 fully saturated rings. The van der Waals surface area contributed by atoms with Crippen LogP contribution in [0, 0.1) is 0 Å². The fraction of sp³-hybridized carbons (Fsp3) is 0.700. The fourth-order valence-electron chi connectivity index (χ4n) is 1.22. The lowest BCUT2D eigenvalue weighted by atomic mass is 10.2. The Morgan fingerprint density at radius 2 is 2.21 bits per heavy atom. The van der Waals surface area contributed by atoms with Gasteiger partial charge in [-0.1, -0.05) is 22.0 Å². The van der Waals surface area contributed by atoms with Crippen molar-refractivity contribution in [3.63, 3.8) is 0 Å². The molecule has 0 aromatic carbocycles. The highest BCUT2D eigenvalue weighted by molar-refractivity contribution is 9.11. The smallest absolute Gasteiger partial charge is 0.411 e. The molecular formula is C10H16BrNO2. The number of amides is 1. The summed E-state index contributed by atoms with van der Waals surface area (Å²) >= 11 is 3.40. The van der Waals surface area contributed by atoms with E-state index in [9.17, 15) is 4.79 Å². The minimum Gasteiger partial charge on any atom is -0.444 e. The molecule has 0 bridgehead atoms. The third-order valence-electron chi connectivity index (χ3n) is 1.98. The SMILES string of the molecule is C[C@@H]1C(Br)=CCN1C(=O)OC(C)(C)C. The van der Waals surface area contributed by atoms with Crippen LogP contribution in [0.3, 0.4) is 0 Å². The van der Waals surface area contributed by atoms with E-state index in [1.807, 2.05) is 33.8 Å². The van der Waals surface area contributed by atoms with Gasteiger partial charge in [0.25, 0.3) is 0 Å². The summed E-state index contributed by atoms with van der Waals surface area (Å²) in [6, 6.07) is 0.0878. The minimum absolute atomic E-state index is 0.0878. The Bertz CT molecular complexity index is 268. The van der Waals surface area contributed by atoms with Gasteiger partial charge in [-0.05, 0) is 27.7 Å². The zero-order chi connectivity index (χ0) is 10.9. The second-order valence-electron chi connectivity index (χ2n) is 4.40. The summed E-state index contributed by atoms with van der Waals surface area (Å²) in [6.07, 6.45) is 1.73. The summed E-state index contributed by atoms with van der Waals surface area (Å²) in [7, 11) is 0. The average molecular weight is 262 g/mol. The van der Waals surface area contributed by atoms with Crippen molar-refractivity contribution in [2.24, 2.45) is 0 Å². The highest BCUT2D eigenvalue weighted by Gasteiger charge is 2.29. The second kappa shape index (κ2) is 3.93. The summed E-state index contributed by atoms with van der Waals surface area (Å²) in [5.41, 5.74) is -0.425. The Kier molecular flexibility index (Phi) is 3.24. The van der Waals surface area contributed by atoms with E-state index >= 15 is 0 Å². The normalized spacial score (nSPS) is 22.2. The van der Waals surface area contributed by atoms with Gasteiger partial charge < -0.3 is 4.74 Å². The monoisotopic (exact) mass is 261 g/mol. The topological polar surface area (TPSA) is 29.5 Å². The van der Waals surface area contributed by atoms with E-state index in [-0.39, 0.29) is 12.1 Å². The third kappa shape index (κ3) is 2.74. The first kappa shape index (κ1) is 11.6. The zero-order valence-electron chi connectivity index (χ0n) is 9.00. The number of hydrogen-bond acceptors (Lipinski definition) is 2. The molecule has 0 aromatic heterocycles. The molecule has 1 rings (SSSR count). The van der Waals surface area contributed by atoms with Gasteiger partial charge in [0.1, 0.15) is 5.60 Å². The van der Waals surface area contributed by atoms with Gasteiger partial charge in [-0.25, -0.2) is 4.79 Å². The van der Waals surface area contributed by atoms with Gasteiger partial charge in [0.05, 0.1) is 6.04 Å². The molecule has 80 valence electrons.